The Kier molecular flexibility index (Phi) is 4.32. The van der Waals surface area contributed by atoms with Crippen LogP contribution >= 0.6 is 15.9 Å². The minimum Gasteiger partial charge on any atom is -0.335 e. The third-order valence-corrected chi connectivity index (χ3v) is 2.62. The largest absolute Gasteiger partial charge is 0.335 e. The van der Waals surface area contributed by atoms with Crippen LogP contribution in [0.4, 0.5) is 0 Å². The maximum Gasteiger partial charge on any atom is 0.257 e. The molecule has 5 heteroatoms. The van der Waals surface area contributed by atoms with Crippen LogP contribution in [0.5, 0.6) is 0 Å². The highest BCUT2D eigenvalue weighted by atomic mass is 79.9. The number of hydrogen-bond donors (Lipinski definition) is 1. The van der Waals surface area contributed by atoms with Crippen molar-refractivity contribution in [2.45, 2.75) is 26.8 Å². The van der Waals surface area contributed by atoms with Crippen LogP contribution in [0.1, 0.15) is 29.9 Å². The smallest absolute Gasteiger partial charge is 0.257 e. The van der Waals surface area contributed by atoms with Crippen molar-refractivity contribution in [3.8, 4) is 0 Å². The van der Waals surface area contributed by atoms with Gasteiger partial charge in [0.25, 0.3) is 5.91 Å². The predicted octanol–water partition coefficient (Wildman–Crippen LogP) is 1.96. The van der Waals surface area contributed by atoms with Gasteiger partial charge >= 0.3 is 0 Å². The number of rotatable bonds is 4. The van der Waals surface area contributed by atoms with E-state index in [1.165, 1.54) is 0 Å². The van der Waals surface area contributed by atoms with Gasteiger partial charge in [-0.05, 0) is 20.8 Å². The van der Waals surface area contributed by atoms with Gasteiger partial charge in [-0.25, -0.2) is 0 Å². The number of nitrogens with zero attached hydrogens (tertiary/aromatic N) is 2. The van der Waals surface area contributed by atoms with Gasteiger partial charge in [0, 0.05) is 23.6 Å². The Morgan fingerprint density at radius 1 is 1.67 bits per heavy atom. The Balaban J connectivity index is 2.86. The van der Waals surface area contributed by atoms with Crippen molar-refractivity contribution < 1.29 is 4.79 Å². The summed E-state index contributed by atoms with van der Waals surface area (Å²) in [6, 6.07) is 0.198. The number of amides is 1. The average Bonchev–Trinajstić information content (AvgIpc) is 2.59. The van der Waals surface area contributed by atoms with Crippen LogP contribution in [0, 0.1) is 6.92 Å². The lowest BCUT2D eigenvalue weighted by Gasteiger charge is -2.25. The zero-order valence-corrected chi connectivity index (χ0v) is 10.8. The molecular formula is C10H16BrN3O. The van der Waals surface area contributed by atoms with Gasteiger partial charge in [0.05, 0.1) is 11.8 Å². The van der Waals surface area contributed by atoms with Crippen LogP contribution in [0.25, 0.3) is 0 Å². The van der Waals surface area contributed by atoms with Crippen LogP contribution in [0.3, 0.4) is 0 Å². The molecule has 0 aliphatic carbocycles. The van der Waals surface area contributed by atoms with E-state index in [0.29, 0.717) is 12.1 Å². The van der Waals surface area contributed by atoms with E-state index in [4.69, 9.17) is 0 Å². The molecule has 1 heterocycles. The minimum absolute atomic E-state index is 0.0377. The topological polar surface area (TPSA) is 49.0 Å². The summed E-state index contributed by atoms with van der Waals surface area (Å²) in [6.45, 7) is 6.58. The summed E-state index contributed by atoms with van der Waals surface area (Å²) in [7, 11) is 0. The second-order valence-electron chi connectivity index (χ2n) is 3.69. The number of halogens is 1. The number of alkyl halides is 1. The maximum absolute atomic E-state index is 12.1. The molecular weight excluding hydrogens is 258 g/mol. The van der Waals surface area contributed by atoms with Crippen molar-refractivity contribution >= 4 is 21.8 Å². The second kappa shape index (κ2) is 5.30. The van der Waals surface area contributed by atoms with E-state index in [2.05, 4.69) is 26.1 Å². The quantitative estimate of drug-likeness (QED) is 0.853. The summed E-state index contributed by atoms with van der Waals surface area (Å²) in [4.78, 5) is 13.9. The molecule has 1 rings (SSSR count). The number of nitrogens with one attached hydrogen (secondary N) is 1. The predicted molar refractivity (Wildman–Crippen MR) is 63.3 cm³/mol. The van der Waals surface area contributed by atoms with Gasteiger partial charge in [0.1, 0.15) is 0 Å². The Bertz CT molecular complexity index is 335. The molecule has 0 aliphatic heterocycles. The lowest BCUT2D eigenvalue weighted by Crippen LogP contribution is -2.38. The first-order valence-electron chi connectivity index (χ1n) is 4.94. The fourth-order valence-corrected chi connectivity index (χ4v) is 1.79. The zero-order valence-electron chi connectivity index (χ0n) is 9.25. The summed E-state index contributed by atoms with van der Waals surface area (Å²) in [5, 5.41) is 7.42. The van der Waals surface area contributed by atoms with Crippen molar-refractivity contribution in [2.24, 2.45) is 0 Å². The normalized spacial score (nSPS) is 10.7. The van der Waals surface area contributed by atoms with Crippen molar-refractivity contribution in [2.75, 3.05) is 11.9 Å². The molecule has 1 amide bonds. The molecule has 0 spiro atoms. The fraction of sp³-hybridized carbons (Fsp3) is 0.600. The van der Waals surface area contributed by atoms with E-state index in [9.17, 15) is 4.79 Å². The first kappa shape index (κ1) is 12.2. The van der Waals surface area contributed by atoms with Crippen molar-refractivity contribution in [3.63, 3.8) is 0 Å². The monoisotopic (exact) mass is 273 g/mol. The van der Waals surface area contributed by atoms with Crippen LogP contribution in [-0.2, 0) is 0 Å². The number of aryl methyl sites for hydroxylation is 1. The number of carbonyl (C=O) groups excluding carboxylic acids is 1. The summed E-state index contributed by atoms with van der Waals surface area (Å²) < 4.78 is 0. The van der Waals surface area contributed by atoms with E-state index in [1.54, 1.807) is 6.20 Å². The van der Waals surface area contributed by atoms with Crippen LogP contribution in [0.15, 0.2) is 6.20 Å². The molecule has 0 atom stereocenters. The summed E-state index contributed by atoms with van der Waals surface area (Å²) in [6.07, 6.45) is 1.58. The lowest BCUT2D eigenvalue weighted by molar-refractivity contribution is 0.0719. The second-order valence-corrected chi connectivity index (χ2v) is 4.48. The molecule has 4 nitrogen and oxygen atoms in total. The zero-order chi connectivity index (χ0) is 11.4. The van der Waals surface area contributed by atoms with E-state index in [1.807, 2.05) is 25.7 Å². The highest BCUT2D eigenvalue weighted by molar-refractivity contribution is 9.09. The molecule has 0 saturated carbocycles. The van der Waals surface area contributed by atoms with Gasteiger partial charge in [0.15, 0.2) is 0 Å². The standard InChI is InChI=1S/C10H16BrN3O/c1-7(2)14(5-4-11)10(15)9-6-12-13-8(9)3/h6-7H,4-5H2,1-3H3,(H,12,13). The fourth-order valence-electron chi connectivity index (χ4n) is 1.41. The summed E-state index contributed by atoms with van der Waals surface area (Å²) >= 11 is 3.35. The van der Waals surface area contributed by atoms with Gasteiger partial charge < -0.3 is 4.90 Å². The van der Waals surface area contributed by atoms with Gasteiger partial charge in [-0.1, -0.05) is 15.9 Å². The van der Waals surface area contributed by atoms with Gasteiger partial charge in [0.2, 0.25) is 0 Å². The van der Waals surface area contributed by atoms with Gasteiger partial charge in [-0.3, -0.25) is 9.89 Å². The number of H-pyrrole nitrogens is 1. The number of aromatic nitrogens is 2. The third kappa shape index (κ3) is 2.81. The molecule has 84 valence electrons. The molecule has 0 aromatic carbocycles. The Morgan fingerprint density at radius 2 is 2.33 bits per heavy atom. The molecule has 1 N–H and O–H groups in total. The van der Waals surface area contributed by atoms with E-state index in [0.717, 1.165) is 11.0 Å². The van der Waals surface area contributed by atoms with Crippen LogP contribution < -0.4 is 0 Å². The van der Waals surface area contributed by atoms with Crippen LogP contribution in [-0.4, -0.2) is 38.9 Å². The van der Waals surface area contributed by atoms with Crippen molar-refractivity contribution in [1.29, 1.82) is 0 Å². The minimum atomic E-state index is 0.0377. The molecule has 1 aromatic rings. The summed E-state index contributed by atoms with van der Waals surface area (Å²) in [5.41, 5.74) is 1.48. The lowest BCUT2D eigenvalue weighted by atomic mass is 10.2. The number of carbonyl (C=O) groups is 1. The summed E-state index contributed by atoms with van der Waals surface area (Å²) in [5.74, 6) is 0.0377. The van der Waals surface area contributed by atoms with Crippen molar-refractivity contribution in [3.05, 3.63) is 17.5 Å². The Morgan fingerprint density at radius 3 is 2.73 bits per heavy atom. The third-order valence-electron chi connectivity index (χ3n) is 2.27. The molecule has 0 aliphatic rings. The van der Waals surface area contributed by atoms with Crippen molar-refractivity contribution in [1.82, 2.24) is 15.1 Å². The number of aromatic amines is 1. The highest BCUT2D eigenvalue weighted by Crippen LogP contribution is 2.10. The molecule has 0 fully saturated rings. The highest BCUT2D eigenvalue weighted by Gasteiger charge is 2.20. The maximum atomic E-state index is 12.1. The average molecular weight is 274 g/mol. The van der Waals surface area contributed by atoms with Gasteiger partial charge in [-0.2, -0.15) is 5.10 Å². The van der Waals surface area contributed by atoms with Gasteiger partial charge in [-0.15, -0.1) is 0 Å². The first-order chi connectivity index (χ1) is 7.07. The van der Waals surface area contributed by atoms with E-state index in [-0.39, 0.29) is 11.9 Å². The molecule has 0 bridgehead atoms. The number of hydrogen-bond acceptors (Lipinski definition) is 2. The Hall–Kier alpha value is -0.840. The van der Waals surface area contributed by atoms with E-state index >= 15 is 0 Å². The molecule has 1 aromatic heterocycles. The van der Waals surface area contributed by atoms with E-state index < -0.39 is 0 Å². The SMILES string of the molecule is Cc1[nH]ncc1C(=O)N(CCBr)C(C)C. The molecule has 0 unspecified atom stereocenters. The molecule has 0 saturated heterocycles. The first-order valence-corrected chi connectivity index (χ1v) is 6.07. The van der Waals surface area contributed by atoms with Crippen LogP contribution in [0.2, 0.25) is 0 Å². The molecule has 0 radical (unpaired) electrons. The molecule has 15 heavy (non-hydrogen) atoms. The Labute approximate surface area is 98.2 Å².